The highest BCUT2D eigenvalue weighted by molar-refractivity contribution is 5.97. The molecular weight excluding hydrogens is 365 g/mol. The van der Waals surface area contributed by atoms with Crippen LogP contribution in [0.5, 0.6) is 0 Å². The molecule has 0 saturated heterocycles. The molecule has 0 radical (unpaired) electrons. The van der Waals surface area contributed by atoms with E-state index in [0.29, 0.717) is 16.0 Å². The number of hydrogen-bond donors (Lipinski definition) is 1. The van der Waals surface area contributed by atoms with Crippen LogP contribution < -0.4 is 10.4 Å². The fraction of sp³-hybridized carbons (Fsp3) is 0.0870. The summed E-state index contributed by atoms with van der Waals surface area (Å²) in [4.78, 5) is 11.7. The first-order chi connectivity index (χ1) is 13.2. The second kappa shape index (κ2) is 7.35. The number of carboxylic acid groups (broad SMARTS) is 1. The molecule has 0 fully saturated rings. The Morgan fingerprint density at radius 1 is 0.821 bits per heavy atom. The Kier molecular flexibility index (Phi) is 5.10. The lowest BCUT2D eigenvalue weighted by molar-refractivity contribution is 0.0689. The Bertz CT molecular complexity index is 1170. The Hall–Kier alpha value is -3.34. The maximum atomic E-state index is 15.1. The summed E-state index contributed by atoms with van der Waals surface area (Å²) < 4.78 is 43.7. The number of carboxylic acids is 1. The fourth-order valence-corrected chi connectivity index (χ4v) is 3.06. The maximum absolute atomic E-state index is 15.1. The van der Waals surface area contributed by atoms with Gasteiger partial charge in [-0.05, 0) is 29.8 Å². The molecule has 3 aromatic rings. The van der Waals surface area contributed by atoms with Crippen molar-refractivity contribution in [2.75, 3.05) is 0 Å². The third-order valence-electron chi connectivity index (χ3n) is 4.59. The van der Waals surface area contributed by atoms with E-state index in [0.717, 1.165) is 12.5 Å². The minimum absolute atomic E-state index is 0.164. The van der Waals surface area contributed by atoms with E-state index in [9.17, 15) is 18.7 Å². The van der Waals surface area contributed by atoms with Crippen molar-refractivity contribution in [1.29, 1.82) is 0 Å². The molecular formula is C23H17F3O2. The van der Waals surface area contributed by atoms with Crippen molar-refractivity contribution in [3.8, 4) is 0 Å². The second-order valence-electron chi connectivity index (χ2n) is 6.56. The van der Waals surface area contributed by atoms with Crippen LogP contribution in [0.4, 0.5) is 13.2 Å². The van der Waals surface area contributed by atoms with Gasteiger partial charge in [-0.25, -0.2) is 18.0 Å². The topological polar surface area (TPSA) is 37.3 Å². The molecule has 1 N–H and O–H groups in total. The summed E-state index contributed by atoms with van der Waals surface area (Å²) in [5.74, 6) is -5.94. The van der Waals surface area contributed by atoms with E-state index in [4.69, 9.17) is 0 Å². The van der Waals surface area contributed by atoms with E-state index >= 15 is 4.39 Å². The van der Waals surface area contributed by atoms with E-state index in [-0.39, 0.29) is 5.57 Å². The summed E-state index contributed by atoms with van der Waals surface area (Å²) in [5.41, 5.74) is -0.502. The normalized spacial score (nSPS) is 10.8. The summed E-state index contributed by atoms with van der Waals surface area (Å²) in [5, 5.41) is 10.7. The lowest BCUT2D eigenvalue weighted by atomic mass is 9.89. The number of benzene rings is 3. The van der Waals surface area contributed by atoms with Crippen molar-refractivity contribution in [1.82, 2.24) is 0 Å². The molecule has 2 nitrogen and oxygen atoms in total. The second-order valence-corrected chi connectivity index (χ2v) is 6.56. The fourth-order valence-electron chi connectivity index (χ4n) is 3.06. The molecule has 5 heteroatoms. The van der Waals surface area contributed by atoms with Crippen LogP contribution in [0.25, 0.3) is 12.2 Å². The SMILES string of the molecule is C=c1ccc(=C(c2ccc(C)cc2)c2c(F)c(C)c(F)c(F)c2C(=O)O)cc1. The van der Waals surface area contributed by atoms with Crippen LogP contribution in [0, 0.1) is 31.3 Å². The summed E-state index contributed by atoms with van der Waals surface area (Å²) in [6.07, 6.45) is 0. The first-order valence-corrected chi connectivity index (χ1v) is 8.49. The minimum Gasteiger partial charge on any atom is -0.478 e. The molecule has 28 heavy (non-hydrogen) atoms. The molecule has 0 amide bonds. The highest BCUT2D eigenvalue weighted by Gasteiger charge is 2.29. The Labute approximate surface area is 159 Å². The van der Waals surface area contributed by atoms with Crippen molar-refractivity contribution in [2.24, 2.45) is 0 Å². The quantitative estimate of drug-likeness (QED) is 0.694. The molecule has 0 aliphatic heterocycles. The van der Waals surface area contributed by atoms with Gasteiger partial charge in [0, 0.05) is 16.7 Å². The Morgan fingerprint density at radius 3 is 1.93 bits per heavy atom. The van der Waals surface area contributed by atoms with Gasteiger partial charge >= 0.3 is 5.97 Å². The molecule has 0 aliphatic carbocycles. The molecule has 3 aromatic carbocycles. The van der Waals surface area contributed by atoms with Gasteiger partial charge in [0.25, 0.3) is 0 Å². The van der Waals surface area contributed by atoms with Gasteiger partial charge < -0.3 is 5.11 Å². The van der Waals surface area contributed by atoms with Crippen LogP contribution >= 0.6 is 0 Å². The van der Waals surface area contributed by atoms with E-state index < -0.39 is 40.1 Å². The van der Waals surface area contributed by atoms with E-state index in [1.807, 2.05) is 6.92 Å². The zero-order chi connectivity index (χ0) is 20.6. The zero-order valence-corrected chi connectivity index (χ0v) is 15.3. The monoisotopic (exact) mass is 382 g/mol. The molecule has 3 rings (SSSR count). The molecule has 0 saturated carbocycles. The van der Waals surface area contributed by atoms with E-state index in [1.165, 1.54) is 0 Å². The molecule has 0 aromatic heterocycles. The third-order valence-corrected chi connectivity index (χ3v) is 4.59. The first-order valence-electron chi connectivity index (χ1n) is 8.49. The lowest BCUT2D eigenvalue weighted by Crippen LogP contribution is -2.18. The van der Waals surface area contributed by atoms with Gasteiger partial charge in [0.1, 0.15) is 11.4 Å². The predicted molar refractivity (Wildman–Crippen MR) is 102 cm³/mol. The Morgan fingerprint density at radius 2 is 1.39 bits per heavy atom. The van der Waals surface area contributed by atoms with Crippen molar-refractivity contribution in [3.63, 3.8) is 0 Å². The number of aryl methyl sites for hydroxylation is 1. The van der Waals surface area contributed by atoms with Crippen LogP contribution in [0.1, 0.15) is 32.6 Å². The van der Waals surface area contributed by atoms with Crippen molar-refractivity contribution in [2.45, 2.75) is 13.8 Å². The summed E-state index contributed by atoms with van der Waals surface area (Å²) >= 11 is 0. The number of halogens is 3. The smallest absolute Gasteiger partial charge is 0.339 e. The van der Waals surface area contributed by atoms with E-state index in [2.05, 4.69) is 6.58 Å². The van der Waals surface area contributed by atoms with E-state index in [1.54, 1.807) is 48.5 Å². The molecule has 0 bridgehead atoms. The van der Waals surface area contributed by atoms with Gasteiger partial charge in [0.05, 0.1) is 0 Å². The molecule has 0 unspecified atom stereocenters. The number of hydrogen-bond acceptors (Lipinski definition) is 1. The number of rotatable bonds is 3. The molecule has 142 valence electrons. The highest BCUT2D eigenvalue weighted by Crippen LogP contribution is 2.32. The lowest BCUT2D eigenvalue weighted by Gasteiger charge is -2.16. The van der Waals surface area contributed by atoms with Crippen LogP contribution in [0.3, 0.4) is 0 Å². The van der Waals surface area contributed by atoms with Crippen molar-refractivity contribution >= 4 is 18.1 Å². The average Bonchev–Trinajstić information content (AvgIpc) is 2.66. The largest absolute Gasteiger partial charge is 0.478 e. The zero-order valence-electron chi connectivity index (χ0n) is 15.3. The van der Waals surface area contributed by atoms with Crippen LogP contribution in [-0.2, 0) is 0 Å². The average molecular weight is 382 g/mol. The van der Waals surface area contributed by atoms with Crippen molar-refractivity contribution in [3.05, 3.63) is 104 Å². The number of aromatic carboxylic acids is 1. The predicted octanol–water partition coefficient (Wildman–Crippen LogP) is 4.08. The molecule has 0 spiro atoms. The van der Waals surface area contributed by atoms with Crippen LogP contribution in [0.15, 0.2) is 48.5 Å². The molecule has 0 heterocycles. The molecule has 0 atom stereocenters. The summed E-state index contributed by atoms with van der Waals surface area (Å²) in [6, 6.07) is 13.5. The van der Waals surface area contributed by atoms with Crippen LogP contribution in [0.2, 0.25) is 0 Å². The van der Waals surface area contributed by atoms with Gasteiger partial charge in [-0.15, -0.1) is 0 Å². The minimum atomic E-state index is -1.75. The standard InChI is InChI=1S/C23H17F3O2/c1-12-4-8-15(9-5-12)17(16-10-6-13(2)7-11-16)18-19(23(27)28)22(26)21(25)14(3)20(18)24/h4-11H,1H2,2-3H3,(H,27,28). The summed E-state index contributed by atoms with van der Waals surface area (Å²) in [7, 11) is 0. The number of carbonyl (C=O) groups is 1. The highest BCUT2D eigenvalue weighted by atomic mass is 19.2. The van der Waals surface area contributed by atoms with Gasteiger partial charge in [-0.3, -0.25) is 0 Å². The first kappa shape index (κ1) is 19.4. The van der Waals surface area contributed by atoms with Gasteiger partial charge in [0.15, 0.2) is 11.6 Å². The third kappa shape index (κ3) is 3.31. The van der Waals surface area contributed by atoms with Crippen LogP contribution in [-0.4, -0.2) is 11.1 Å². The van der Waals surface area contributed by atoms with Gasteiger partial charge in [-0.1, -0.05) is 60.7 Å². The Balaban J connectivity index is 2.56. The maximum Gasteiger partial charge on any atom is 0.339 e. The summed E-state index contributed by atoms with van der Waals surface area (Å²) in [6.45, 7) is 6.74. The van der Waals surface area contributed by atoms with Gasteiger partial charge in [-0.2, -0.15) is 0 Å². The van der Waals surface area contributed by atoms with Crippen molar-refractivity contribution < 1.29 is 23.1 Å². The molecule has 0 aliphatic rings. The van der Waals surface area contributed by atoms with Gasteiger partial charge in [0.2, 0.25) is 0 Å².